The van der Waals surface area contributed by atoms with E-state index in [1.165, 1.54) is 18.2 Å². The van der Waals surface area contributed by atoms with E-state index in [1.54, 1.807) is 25.1 Å². The molecule has 0 fully saturated rings. The molecule has 0 saturated heterocycles. The van der Waals surface area contributed by atoms with Gasteiger partial charge in [0.25, 0.3) is 17.7 Å². The summed E-state index contributed by atoms with van der Waals surface area (Å²) in [6.45, 7) is 5.14. The Kier molecular flexibility index (Phi) is 6.45. The number of rotatable bonds is 4. The molecule has 10 heteroatoms. The molecule has 0 unspecified atom stereocenters. The van der Waals surface area contributed by atoms with Crippen molar-refractivity contribution >= 4 is 69.7 Å². The third-order valence-electron chi connectivity index (χ3n) is 4.00. The summed E-state index contributed by atoms with van der Waals surface area (Å²) in [7, 11) is 0. The third kappa shape index (κ3) is 4.81. The summed E-state index contributed by atoms with van der Waals surface area (Å²) in [6, 6.07) is 9.19. The second kappa shape index (κ2) is 8.87. The van der Waals surface area contributed by atoms with Crippen molar-refractivity contribution in [3.63, 3.8) is 0 Å². The first-order chi connectivity index (χ1) is 14.2. The Morgan fingerprint density at radius 3 is 2.40 bits per heavy atom. The van der Waals surface area contributed by atoms with Crippen LogP contribution in [0.25, 0.3) is 0 Å². The van der Waals surface area contributed by atoms with Crippen LogP contribution < -0.4 is 15.6 Å². The fourth-order valence-corrected chi connectivity index (χ4v) is 3.57. The lowest BCUT2D eigenvalue weighted by Crippen LogP contribution is -2.29. The maximum atomic E-state index is 12.6. The van der Waals surface area contributed by atoms with Crippen molar-refractivity contribution in [2.45, 2.75) is 13.3 Å². The molecule has 3 amide bonds. The van der Waals surface area contributed by atoms with E-state index in [0.717, 1.165) is 5.01 Å². The first-order valence-corrected chi connectivity index (χ1v) is 9.72. The van der Waals surface area contributed by atoms with Crippen molar-refractivity contribution in [1.29, 1.82) is 0 Å². The number of nitrogens with zero attached hydrogens (tertiary/aromatic N) is 2. The van der Waals surface area contributed by atoms with E-state index in [0.29, 0.717) is 16.3 Å². The summed E-state index contributed by atoms with van der Waals surface area (Å²) in [4.78, 5) is 36.7. The maximum Gasteiger partial charge on any atom is 0.256 e. The zero-order chi connectivity index (χ0) is 22.0. The van der Waals surface area contributed by atoms with Gasteiger partial charge in [-0.1, -0.05) is 47.4 Å². The van der Waals surface area contributed by atoms with Gasteiger partial charge < -0.3 is 10.6 Å². The van der Waals surface area contributed by atoms with Gasteiger partial charge >= 0.3 is 0 Å². The molecule has 0 bridgehead atoms. The monoisotopic (exact) mass is 464 g/mol. The normalized spacial score (nSPS) is 13.1. The predicted octanol–water partition coefficient (Wildman–Crippen LogP) is 4.64. The molecular weight excluding hydrogens is 451 g/mol. The standard InChI is InChI=1S/C20H15Cl3N4O3/c1-10(2)19(29)24-13-5-3-4-11(6-13)20(30)25-16-9-17(28)27(26-16)18-14(22)7-12(21)8-15(18)23/h3-8H,1,9H2,2H3,(H,24,29)(H,25,26,30). The van der Waals surface area contributed by atoms with Gasteiger partial charge in [0.15, 0.2) is 0 Å². The Morgan fingerprint density at radius 1 is 1.10 bits per heavy atom. The van der Waals surface area contributed by atoms with Crippen molar-refractivity contribution in [3.8, 4) is 0 Å². The van der Waals surface area contributed by atoms with E-state index in [9.17, 15) is 14.4 Å². The van der Waals surface area contributed by atoms with Crippen LogP contribution in [0, 0.1) is 0 Å². The molecule has 7 nitrogen and oxygen atoms in total. The molecule has 3 rings (SSSR count). The Morgan fingerprint density at radius 2 is 1.77 bits per heavy atom. The molecule has 154 valence electrons. The highest BCUT2D eigenvalue weighted by Crippen LogP contribution is 2.38. The van der Waals surface area contributed by atoms with Gasteiger partial charge in [-0.15, -0.1) is 0 Å². The molecule has 1 aliphatic rings. The molecule has 1 heterocycles. The lowest BCUT2D eigenvalue weighted by atomic mass is 10.1. The summed E-state index contributed by atoms with van der Waals surface area (Å²) in [5.41, 5.74) is 1.22. The van der Waals surface area contributed by atoms with E-state index in [4.69, 9.17) is 34.8 Å². The number of amidine groups is 1. The van der Waals surface area contributed by atoms with Crippen LogP contribution in [0.1, 0.15) is 23.7 Å². The van der Waals surface area contributed by atoms with Crippen molar-refractivity contribution in [3.05, 3.63) is 69.2 Å². The lowest BCUT2D eigenvalue weighted by molar-refractivity contribution is -0.117. The van der Waals surface area contributed by atoms with Crippen LogP contribution in [0.5, 0.6) is 0 Å². The van der Waals surface area contributed by atoms with E-state index in [1.807, 2.05) is 0 Å². The van der Waals surface area contributed by atoms with Gasteiger partial charge in [-0.3, -0.25) is 14.4 Å². The van der Waals surface area contributed by atoms with Crippen molar-refractivity contribution in [2.75, 3.05) is 10.3 Å². The minimum atomic E-state index is -0.497. The van der Waals surface area contributed by atoms with Crippen molar-refractivity contribution in [1.82, 2.24) is 5.32 Å². The van der Waals surface area contributed by atoms with E-state index in [2.05, 4.69) is 22.3 Å². The van der Waals surface area contributed by atoms with Gasteiger partial charge in [0.1, 0.15) is 11.5 Å². The van der Waals surface area contributed by atoms with Crippen LogP contribution in [0.3, 0.4) is 0 Å². The summed E-state index contributed by atoms with van der Waals surface area (Å²) >= 11 is 18.2. The van der Waals surface area contributed by atoms with Crippen LogP contribution >= 0.6 is 34.8 Å². The highest BCUT2D eigenvalue weighted by Gasteiger charge is 2.30. The Bertz CT molecular complexity index is 1090. The van der Waals surface area contributed by atoms with Gasteiger partial charge in [0, 0.05) is 21.8 Å². The molecule has 0 atom stereocenters. The van der Waals surface area contributed by atoms with Crippen molar-refractivity contribution in [2.24, 2.45) is 5.10 Å². The lowest BCUT2D eigenvalue weighted by Gasteiger charge is -2.15. The smallest absolute Gasteiger partial charge is 0.256 e. The molecule has 2 N–H and O–H groups in total. The van der Waals surface area contributed by atoms with Crippen LogP contribution in [-0.4, -0.2) is 23.6 Å². The van der Waals surface area contributed by atoms with Crippen LogP contribution in [0.2, 0.25) is 15.1 Å². The van der Waals surface area contributed by atoms with Gasteiger partial charge in [-0.25, -0.2) is 0 Å². The van der Waals surface area contributed by atoms with E-state index < -0.39 is 11.8 Å². The number of carbonyl (C=O) groups excluding carboxylic acids is 3. The topological polar surface area (TPSA) is 90.9 Å². The number of carbonyl (C=O) groups is 3. The average Bonchev–Trinajstić information content (AvgIpc) is 3.00. The SMILES string of the molecule is C=C(C)C(=O)Nc1cccc(C(=O)NC2=NN(c3c(Cl)cc(Cl)cc3Cl)C(=O)C2)c1. The molecule has 0 radical (unpaired) electrons. The molecular formula is C20H15Cl3N4O3. The number of benzene rings is 2. The number of halogens is 3. The van der Waals surface area contributed by atoms with Gasteiger partial charge in [0.05, 0.1) is 16.5 Å². The second-order valence-corrected chi connectivity index (χ2v) is 7.67. The first-order valence-electron chi connectivity index (χ1n) is 8.59. The minimum Gasteiger partial charge on any atom is -0.322 e. The first kappa shape index (κ1) is 21.8. The molecule has 0 saturated carbocycles. The molecule has 2 aromatic rings. The molecule has 2 aromatic carbocycles. The summed E-state index contributed by atoms with van der Waals surface area (Å²) in [6.07, 6.45) is -0.146. The van der Waals surface area contributed by atoms with E-state index >= 15 is 0 Å². The number of amides is 3. The Labute approximate surface area is 187 Å². The Hall–Kier alpha value is -2.87. The largest absolute Gasteiger partial charge is 0.322 e. The number of nitrogens with one attached hydrogen (secondary N) is 2. The van der Waals surface area contributed by atoms with Crippen LogP contribution in [-0.2, 0) is 9.59 Å². The predicted molar refractivity (Wildman–Crippen MR) is 118 cm³/mol. The minimum absolute atomic E-state index is 0.128. The average molecular weight is 466 g/mol. The van der Waals surface area contributed by atoms with Crippen LogP contribution in [0.15, 0.2) is 53.7 Å². The number of hydrogen-bond donors (Lipinski definition) is 2. The fourth-order valence-electron chi connectivity index (χ4n) is 2.59. The quantitative estimate of drug-likeness (QED) is 0.644. The van der Waals surface area contributed by atoms with Crippen LogP contribution in [0.4, 0.5) is 11.4 Å². The zero-order valence-corrected chi connectivity index (χ0v) is 17.9. The van der Waals surface area contributed by atoms with Crippen molar-refractivity contribution < 1.29 is 14.4 Å². The number of hydrazone groups is 1. The second-order valence-electron chi connectivity index (χ2n) is 6.42. The fraction of sp³-hybridized carbons (Fsp3) is 0.100. The zero-order valence-electron chi connectivity index (χ0n) is 15.6. The molecule has 30 heavy (non-hydrogen) atoms. The molecule has 0 spiro atoms. The van der Waals surface area contributed by atoms with Gasteiger partial charge in [-0.2, -0.15) is 10.1 Å². The number of hydrogen-bond acceptors (Lipinski definition) is 4. The summed E-state index contributed by atoms with van der Waals surface area (Å²) in [5, 5.41) is 11.0. The third-order valence-corrected chi connectivity index (χ3v) is 4.79. The molecule has 0 aliphatic carbocycles. The maximum absolute atomic E-state index is 12.6. The Balaban J connectivity index is 1.78. The van der Waals surface area contributed by atoms with Gasteiger partial charge in [0.2, 0.25) is 0 Å². The molecule has 0 aromatic heterocycles. The highest BCUT2D eigenvalue weighted by molar-refractivity contribution is 6.42. The number of anilines is 2. The van der Waals surface area contributed by atoms with E-state index in [-0.39, 0.29) is 39.5 Å². The highest BCUT2D eigenvalue weighted by atomic mass is 35.5. The molecule has 1 aliphatic heterocycles. The summed E-state index contributed by atoms with van der Waals surface area (Å²) < 4.78 is 0. The van der Waals surface area contributed by atoms with Gasteiger partial charge in [-0.05, 0) is 37.3 Å². The summed E-state index contributed by atoms with van der Waals surface area (Å²) in [5.74, 6) is -1.14.